The molecule has 0 aliphatic heterocycles. The predicted molar refractivity (Wildman–Crippen MR) is 192 cm³/mol. The van der Waals surface area contributed by atoms with Gasteiger partial charge in [0.15, 0.2) is 6.10 Å². The van der Waals surface area contributed by atoms with Gasteiger partial charge in [0.05, 0.1) is 12.1 Å². The van der Waals surface area contributed by atoms with E-state index < -0.39 is 42.1 Å². The van der Waals surface area contributed by atoms with E-state index in [2.05, 4.69) is 59.2 Å². The average molecular weight is 654 g/mol. The van der Waals surface area contributed by atoms with Crippen molar-refractivity contribution in [1.29, 1.82) is 0 Å². The van der Waals surface area contributed by atoms with Crippen molar-refractivity contribution >= 4 is 39.3 Å². The number of ether oxygens (including phenoxy) is 1. The highest BCUT2D eigenvalue weighted by Crippen LogP contribution is 2.26. The SMILES string of the molecule is CC(C)CC(NC(=O)C(CCCCN)NC(=O)C(Cc1cccc2ccccc12)Cc1cccc2ccccc12)C(O)C(=O)OC(C)C. The van der Waals surface area contributed by atoms with Gasteiger partial charge in [-0.05, 0) is 97.5 Å². The van der Waals surface area contributed by atoms with Gasteiger partial charge in [0.2, 0.25) is 11.8 Å². The number of amides is 2. The highest BCUT2D eigenvalue weighted by Gasteiger charge is 2.33. The molecule has 0 aromatic heterocycles. The fourth-order valence-electron chi connectivity index (χ4n) is 6.30. The van der Waals surface area contributed by atoms with Crippen molar-refractivity contribution in [2.75, 3.05) is 6.54 Å². The number of fused-ring (bicyclic) bond motifs is 2. The van der Waals surface area contributed by atoms with Gasteiger partial charge >= 0.3 is 5.97 Å². The summed E-state index contributed by atoms with van der Waals surface area (Å²) in [5.74, 6) is -1.87. The summed E-state index contributed by atoms with van der Waals surface area (Å²) >= 11 is 0. The summed E-state index contributed by atoms with van der Waals surface area (Å²) in [6.07, 6.45) is 1.04. The van der Waals surface area contributed by atoms with Crippen LogP contribution in [0, 0.1) is 11.8 Å². The Hall–Kier alpha value is -4.27. The highest BCUT2D eigenvalue weighted by atomic mass is 16.6. The van der Waals surface area contributed by atoms with E-state index in [1.165, 1.54) is 0 Å². The van der Waals surface area contributed by atoms with Gasteiger partial charge in [-0.1, -0.05) is 98.8 Å². The zero-order valence-electron chi connectivity index (χ0n) is 28.7. The Labute approximate surface area is 284 Å². The molecular formula is C40H51N3O5. The number of hydrogen-bond acceptors (Lipinski definition) is 6. The molecule has 0 aliphatic rings. The average Bonchev–Trinajstić information content (AvgIpc) is 3.06. The second-order valence-corrected chi connectivity index (χ2v) is 13.4. The molecule has 3 unspecified atom stereocenters. The second kappa shape index (κ2) is 17.8. The van der Waals surface area contributed by atoms with Crippen LogP contribution in [-0.4, -0.2) is 53.7 Å². The van der Waals surface area contributed by atoms with E-state index in [4.69, 9.17) is 10.5 Å². The minimum atomic E-state index is -1.54. The summed E-state index contributed by atoms with van der Waals surface area (Å²) in [5, 5.41) is 21.2. The second-order valence-electron chi connectivity index (χ2n) is 13.4. The standard InChI is InChI=1S/C40H51N3O5/c1-26(2)23-36(37(44)40(47)48-27(3)4)43-39(46)35(21-9-10-22-41)42-38(45)32(24-30-17-11-15-28-13-5-7-19-33(28)30)25-31-18-12-16-29-14-6-8-20-34(29)31/h5-8,11-20,26-27,32,35-37,44H,9-10,21-25,41H2,1-4H3,(H,42,45)(H,43,46). The number of benzene rings is 4. The van der Waals surface area contributed by atoms with Gasteiger partial charge in [0.1, 0.15) is 6.04 Å². The molecule has 0 saturated carbocycles. The molecule has 0 heterocycles. The fraction of sp³-hybridized carbons (Fsp3) is 0.425. The Balaban J connectivity index is 1.64. The van der Waals surface area contributed by atoms with Crippen molar-refractivity contribution in [2.24, 2.45) is 17.6 Å². The first-order valence-corrected chi connectivity index (χ1v) is 17.2. The van der Waals surface area contributed by atoms with Crippen LogP contribution in [0.5, 0.6) is 0 Å². The molecule has 0 bridgehead atoms. The summed E-state index contributed by atoms with van der Waals surface area (Å²) in [4.78, 5) is 40.9. The largest absolute Gasteiger partial charge is 0.461 e. The zero-order valence-corrected chi connectivity index (χ0v) is 28.7. The van der Waals surface area contributed by atoms with Crippen LogP contribution in [-0.2, 0) is 32.0 Å². The lowest BCUT2D eigenvalue weighted by Gasteiger charge is -2.28. The third-order valence-corrected chi connectivity index (χ3v) is 8.67. The van der Waals surface area contributed by atoms with E-state index in [1.54, 1.807) is 13.8 Å². The number of rotatable bonds is 17. The van der Waals surface area contributed by atoms with Crippen molar-refractivity contribution in [3.8, 4) is 0 Å². The number of esters is 1. The Morgan fingerprint density at radius 1 is 0.729 bits per heavy atom. The predicted octanol–water partition coefficient (Wildman–Crippen LogP) is 5.85. The molecule has 256 valence electrons. The van der Waals surface area contributed by atoms with E-state index in [-0.39, 0.29) is 11.8 Å². The van der Waals surface area contributed by atoms with Gasteiger partial charge in [0, 0.05) is 5.92 Å². The van der Waals surface area contributed by atoms with Crippen LogP contribution < -0.4 is 16.4 Å². The molecule has 5 N–H and O–H groups in total. The zero-order chi connectivity index (χ0) is 34.6. The number of carbonyl (C=O) groups is 3. The molecule has 0 radical (unpaired) electrons. The molecule has 4 aromatic carbocycles. The van der Waals surface area contributed by atoms with Crippen LogP contribution in [0.3, 0.4) is 0 Å². The van der Waals surface area contributed by atoms with E-state index >= 15 is 0 Å². The minimum absolute atomic E-state index is 0.0767. The van der Waals surface area contributed by atoms with Gasteiger partial charge in [-0.15, -0.1) is 0 Å². The summed E-state index contributed by atoms with van der Waals surface area (Å²) in [6, 6.07) is 26.8. The van der Waals surface area contributed by atoms with Gasteiger partial charge in [-0.25, -0.2) is 4.79 Å². The quantitative estimate of drug-likeness (QED) is 0.0836. The Morgan fingerprint density at radius 2 is 1.27 bits per heavy atom. The van der Waals surface area contributed by atoms with Gasteiger partial charge in [0.25, 0.3) is 0 Å². The normalized spacial score (nSPS) is 13.5. The monoisotopic (exact) mass is 653 g/mol. The number of carbonyl (C=O) groups excluding carboxylic acids is 3. The molecule has 48 heavy (non-hydrogen) atoms. The third-order valence-electron chi connectivity index (χ3n) is 8.67. The molecule has 2 amide bonds. The first-order chi connectivity index (χ1) is 23.1. The topological polar surface area (TPSA) is 131 Å². The Kier molecular flexibility index (Phi) is 13.5. The number of aliphatic hydroxyl groups is 1. The number of nitrogens with one attached hydrogen (secondary N) is 2. The minimum Gasteiger partial charge on any atom is -0.461 e. The summed E-state index contributed by atoms with van der Waals surface area (Å²) < 4.78 is 5.24. The number of hydrogen-bond donors (Lipinski definition) is 4. The van der Waals surface area contributed by atoms with E-state index in [0.29, 0.717) is 45.1 Å². The Bertz CT molecular complexity index is 1580. The molecule has 4 aromatic rings. The smallest absolute Gasteiger partial charge is 0.337 e. The summed E-state index contributed by atoms with van der Waals surface area (Å²) in [7, 11) is 0. The maximum absolute atomic E-state index is 14.4. The fourth-order valence-corrected chi connectivity index (χ4v) is 6.30. The van der Waals surface area contributed by atoms with Gasteiger partial charge in [-0.3, -0.25) is 9.59 Å². The van der Waals surface area contributed by atoms with Crippen LogP contribution in [0.1, 0.15) is 64.5 Å². The summed E-state index contributed by atoms with van der Waals surface area (Å²) in [5.41, 5.74) is 7.89. The lowest BCUT2D eigenvalue weighted by Crippen LogP contribution is -2.55. The molecule has 3 atom stereocenters. The molecule has 4 rings (SSSR count). The van der Waals surface area contributed by atoms with Crippen molar-refractivity contribution in [1.82, 2.24) is 10.6 Å². The molecule has 8 heteroatoms. The molecule has 0 fully saturated rings. The number of aliphatic hydroxyl groups excluding tert-OH is 1. The van der Waals surface area contributed by atoms with Crippen LogP contribution >= 0.6 is 0 Å². The first kappa shape index (κ1) is 36.6. The van der Waals surface area contributed by atoms with Crippen LogP contribution in [0.25, 0.3) is 21.5 Å². The first-order valence-electron chi connectivity index (χ1n) is 17.2. The lowest BCUT2D eigenvalue weighted by molar-refractivity contribution is -0.159. The molecular weight excluding hydrogens is 602 g/mol. The number of nitrogens with two attached hydrogens (primary N) is 1. The van der Waals surface area contributed by atoms with Gasteiger partial charge in [-0.2, -0.15) is 0 Å². The summed E-state index contributed by atoms with van der Waals surface area (Å²) in [6.45, 7) is 7.77. The van der Waals surface area contributed by atoms with E-state index in [0.717, 1.165) is 32.7 Å². The third kappa shape index (κ3) is 10.1. The maximum atomic E-state index is 14.4. The van der Waals surface area contributed by atoms with Crippen molar-refractivity contribution in [3.63, 3.8) is 0 Å². The van der Waals surface area contributed by atoms with Crippen molar-refractivity contribution < 1.29 is 24.2 Å². The van der Waals surface area contributed by atoms with Crippen LogP contribution in [0.15, 0.2) is 84.9 Å². The Morgan fingerprint density at radius 3 is 1.79 bits per heavy atom. The van der Waals surface area contributed by atoms with E-state index in [9.17, 15) is 19.5 Å². The van der Waals surface area contributed by atoms with Crippen molar-refractivity contribution in [3.05, 3.63) is 96.1 Å². The van der Waals surface area contributed by atoms with Crippen molar-refractivity contribution in [2.45, 2.75) is 90.5 Å². The molecule has 0 spiro atoms. The number of unbranched alkanes of at least 4 members (excludes halogenated alkanes) is 1. The molecule has 0 saturated heterocycles. The highest BCUT2D eigenvalue weighted by molar-refractivity contribution is 5.91. The van der Waals surface area contributed by atoms with Gasteiger partial charge < -0.3 is 26.2 Å². The lowest BCUT2D eigenvalue weighted by atomic mass is 9.87. The molecule has 8 nitrogen and oxygen atoms in total. The van der Waals surface area contributed by atoms with E-state index in [1.807, 2.05) is 50.2 Å². The van der Waals surface area contributed by atoms with Crippen LogP contribution in [0.2, 0.25) is 0 Å². The van der Waals surface area contributed by atoms with Crippen LogP contribution in [0.4, 0.5) is 0 Å². The molecule has 0 aliphatic carbocycles. The maximum Gasteiger partial charge on any atom is 0.337 e.